The molecule has 0 saturated carbocycles. The van der Waals surface area contributed by atoms with Crippen molar-refractivity contribution in [1.29, 1.82) is 0 Å². The first-order valence-corrected chi connectivity index (χ1v) is 7.53. The number of benzene rings is 1. The predicted molar refractivity (Wildman–Crippen MR) is 74.8 cm³/mol. The fourth-order valence-electron chi connectivity index (χ4n) is 2.10. The molecule has 94 valence electrons. The van der Waals surface area contributed by atoms with Gasteiger partial charge in [0.1, 0.15) is 0 Å². The van der Waals surface area contributed by atoms with Crippen LogP contribution < -0.4 is 5.32 Å². The number of aliphatic hydroxyl groups is 1. The van der Waals surface area contributed by atoms with E-state index in [-0.39, 0.29) is 12.6 Å². The molecule has 1 heterocycles. The van der Waals surface area contributed by atoms with Crippen LogP contribution in [0.2, 0.25) is 5.02 Å². The SMILES string of the molecule is OCC(NC1CCSCC1)c1ccc(Cl)cc1. The second kappa shape index (κ2) is 6.64. The lowest BCUT2D eigenvalue weighted by Crippen LogP contribution is -2.37. The Balaban J connectivity index is 1.97. The fraction of sp³-hybridized carbons (Fsp3) is 0.538. The van der Waals surface area contributed by atoms with Gasteiger partial charge in [0.05, 0.1) is 12.6 Å². The van der Waals surface area contributed by atoms with Gasteiger partial charge in [0, 0.05) is 11.1 Å². The quantitative estimate of drug-likeness (QED) is 0.883. The van der Waals surface area contributed by atoms with E-state index in [0.29, 0.717) is 6.04 Å². The third-order valence-electron chi connectivity index (χ3n) is 3.11. The smallest absolute Gasteiger partial charge is 0.0626 e. The highest BCUT2D eigenvalue weighted by atomic mass is 35.5. The number of hydrogen-bond donors (Lipinski definition) is 2. The van der Waals surface area contributed by atoms with Crippen LogP contribution in [0.1, 0.15) is 24.4 Å². The van der Waals surface area contributed by atoms with Crippen LogP contribution in [-0.4, -0.2) is 29.3 Å². The maximum absolute atomic E-state index is 9.48. The van der Waals surface area contributed by atoms with Gasteiger partial charge in [-0.15, -0.1) is 0 Å². The molecule has 2 N–H and O–H groups in total. The average molecular weight is 272 g/mol. The van der Waals surface area contributed by atoms with Gasteiger partial charge >= 0.3 is 0 Å². The van der Waals surface area contributed by atoms with Crippen LogP contribution >= 0.6 is 23.4 Å². The molecule has 17 heavy (non-hydrogen) atoms. The maximum atomic E-state index is 9.48. The van der Waals surface area contributed by atoms with Crippen molar-refractivity contribution in [2.45, 2.75) is 24.9 Å². The van der Waals surface area contributed by atoms with Gasteiger partial charge in [-0.25, -0.2) is 0 Å². The summed E-state index contributed by atoms with van der Waals surface area (Å²) in [5, 5.41) is 13.7. The van der Waals surface area contributed by atoms with Crippen molar-refractivity contribution in [2.24, 2.45) is 0 Å². The lowest BCUT2D eigenvalue weighted by atomic mass is 10.0. The number of thioether (sulfide) groups is 1. The van der Waals surface area contributed by atoms with Crippen LogP contribution in [0.5, 0.6) is 0 Å². The highest BCUT2D eigenvalue weighted by Crippen LogP contribution is 2.21. The summed E-state index contributed by atoms with van der Waals surface area (Å²) >= 11 is 7.88. The molecule has 1 atom stereocenters. The van der Waals surface area contributed by atoms with E-state index < -0.39 is 0 Å². The molecular weight excluding hydrogens is 254 g/mol. The Bertz CT molecular complexity index is 338. The summed E-state index contributed by atoms with van der Waals surface area (Å²) in [7, 11) is 0. The summed E-state index contributed by atoms with van der Waals surface area (Å²) in [6.07, 6.45) is 2.38. The summed E-state index contributed by atoms with van der Waals surface area (Å²) in [5.74, 6) is 2.44. The molecule has 1 aliphatic rings. The van der Waals surface area contributed by atoms with Crippen molar-refractivity contribution in [3.8, 4) is 0 Å². The third-order valence-corrected chi connectivity index (χ3v) is 4.41. The van der Waals surface area contributed by atoms with Crippen LogP contribution in [0.25, 0.3) is 0 Å². The van der Waals surface area contributed by atoms with Gasteiger partial charge in [0.2, 0.25) is 0 Å². The van der Waals surface area contributed by atoms with E-state index in [4.69, 9.17) is 11.6 Å². The van der Waals surface area contributed by atoms with E-state index >= 15 is 0 Å². The Labute approximate surface area is 112 Å². The number of aliphatic hydroxyl groups excluding tert-OH is 1. The van der Waals surface area contributed by atoms with Crippen molar-refractivity contribution in [3.63, 3.8) is 0 Å². The Morgan fingerprint density at radius 3 is 2.53 bits per heavy atom. The standard InChI is InChI=1S/C13H18ClNOS/c14-11-3-1-10(2-4-11)13(9-16)15-12-5-7-17-8-6-12/h1-4,12-13,15-16H,5-9H2. The summed E-state index contributed by atoms with van der Waals surface area (Å²) < 4.78 is 0. The highest BCUT2D eigenvalue weighted by molar-refractivity contribution is 7.99. The van der Waals surface area contributed by atoms with Crippen molar-refractivity contribution < 1.29 is 5.11 Å². The van der Waals surface area contributed by atoms with Crippen LogP contribution in [0.15, 0.2) is 24.3 Å². The molecule has 1 unspecified atom stereocenters. The van der Waals surface area contributed by atoms with E-state index in [2.05, 4.69) is 5.32 Å². The lowest BCUT2D eigenvalue weighted by Gasteiger charge is -2.27. The Hall–Kier alpha value is -0.220. The minimum atomic E-state index is 0.0281. The fourth-order valence-corrected chi connectivity index (χ4v) is 3.33. The normalized spacial score (nSPS) is 19.2. The molecule has 0 spiro atoms. The highest BCUT2D eigenvalue weighted by Gasteiger charge is 2.18. The first kappa shape index (κ1) is 13.2. The van der Waals surface area contributed by atoms with Crippen molar-refractivity contribution in [1.82, 2.24) is 5.32 Å². The van der Waals surface area contributed by atoms with Crippen LogP contribution in [0, 0.1) is 0 Å². The molecule has 0 amide bonds. The van der Waals surface area contributed by atoms with Crippen LogP contribution in [0.4, 0.5) is 0 Å². The zero-order chi connectivity index (χ0) is 12.1. The Morgan fingerprint density at radius 2 is 1.94 bits per heavy atom. The number of hydrogen-bond acceptors (Lipinski definition) is 3. The first-order chi connectivity index (χ1) is 8.29. The largest absolute Gasteiger partial charge is 0.394 e. The molecule has 0 radical (unpaired) electrons. The molecule has 0 aliphatic carbocycles. The summed E-state index contributed by atoms with van der Waals surface area (Å²) in [5.41, 5.74) is 1.11. The molecule has 0 bridgehead atoms. The second-order valence-corrected chi connectivity index (χ2v) is 6.00. The Morgan fingerprint density at radius 1 is 1.29 bits per heavy atom. The molecule has 2 nitrogen and oxygen atoms in total. The molecule has 1 aromatic rings. The monoisotopic (exact) mass is 271 g/mol. The molecule has 0 aromatic heterocycles. The molecule has 2 rings (SSSR count). The summed E-state index contributed by atoms with van der Waals surface area (Å²) in [6, 6.07) is 8.27. The van der Waals surface area contributed by atoms with Gasteiger partial charge in [0.25, 0.3) is 0 Å². The van der Waals surface area contributed by atoms with Crippen molar-refractivity contribution in [2.75, 3.05) is 18.1 Å². The molecule has 1 fully saturated rings. The molecule has 4 heteroatoms. The number of halogens is 1. The predicted octanol–water partition coefficient (Wildman–Crippen LogP) is 2.86. The maximum Gasteiger partial charge on any atom is 0.0626 e. The zero-order valence-electron chi connectivity index (χ0n) is 9.73. The first-order valence-electron chi connectivity index (χ1n) is 5.99. The lowest BCUT2D eigenvalue weighted by molar-refractivity contribution is 0.230. The van der Waals surface area contributed by atoms with Gasteiger partial charge in [-0.2, -0.15) is 11.8 Å². The third kappa shape index (κ3) is 3.88. The van der Waals surface area contributed by atoms with Gasteiger partial charge in [-0.1, -0.05) is 23.7 Å². The van der Waals surface area contributed by atoms with Crippen LogP contribution in [0.3, 0.4) is 0 Å². The molecular formula is C13H18ClNOS. The number of nitrogens with one attached hydrogen (secondary N) is 1. The minimum Gasteiger partial charge on any atom is -0.394 e. The summed E-state index contributed by atoms with van der Waals surface area (Å²) in [6.45, 7) is 0.130. The zero-order valence-corrected chi connectivity index (χ0v) is 11.3. The van der Waals surface area contributed by atoms with E-state index in [1.54, 1.807) is 0 Å². The van der Waals surface area contributed by atoms with Gasteiger partial charge in [-0.05, 0) is 42.0 Å². The molecule has 1 aliphatic heterocycles. The molecule has 1 aromatic carbocycles. The average Bonchev–Trinajstić information content (AvgIpc) is 2.38. The van der Waals surface area contributed by atoms with E-state index in [1.807, 2.05) is 36.0 Å². The Kier molecular flexibility index (Phi) is 5.16. The van der Waals surface area contributed by atoms with Crippen molar-refractivity contribution in [3.05, 3.63) is 34.9 Å². The molecule has 1 saturated heterocycles. The van der Waals surface area contributed by atoms with Gasteiger partial charge < -0.3 is 10.4 Å². The minimum absolute atomic E-state index is 0.0281. The second-order valence-electron chi connectivity index (χ2n) is 4.34. The van der Waals surface area contributed by atoms with Crippen molar-refractivity contribution >= 4 is 23.4 Å². The van der Waals surface area contributed by atoms with E-state index in [0.717, 1.165) is 10.6 Å². The van der Waals surface area contributed by atoms with E-state index in [9.17, 15) is 5.11 Å². The van der Waals surface area contributed by atoms with Gasteiger partial charge in [0.15, 0.2) is 0 Å². The van der Waals surface area contributed by atoms with Gasteiger partial charge in [-0.3, -0.25) is 0 Å². The number of rotatable bonds is 4. The topological polar surface area (TPSA) is 32.3 Å². The summed E-state index contributed by atoms with van der Waals surface area (Å²) in [4.78, 5) is 0. The van der Waals surface area contributed by atoms with Crippen LogP contribution in [-0.2, 0) is 0 Å². The van der Waals surface area contributed by atoms with E-state index in [1.165, 1.54) is 24.3 Å².